The van der Waals surface area contributed by atoms with E-state index in [0.29, 0.717) is 12.8 Å². The third-order valence-corrected chi connectivity index (χ3v) is 4.36. The summed E-state index contributed by atoms with van der Waals surface area (Å²) in [6, 6.07) is 0. The fraction of sp³-hybridized carbons (Fsp3) is 0.783. The molecule has 0 aliphatic rings. The molecule has 0 bridgehead atoms. The number of rotatable bonds is 18. The van der Waals surface area contributed by atoms with E-state index in [1.165, 1.54) is 4.90 Å². The zero-order valence-corrected chi connectivity index (χ0v) is 22.2. The SMILES string of the molecule is CCC(=O)NCCN(CCNC(=O)CC)C(=O)CNC(=O)COCCOCCNC(=O)OC(C)(C)C. The van der Waals surface area contributed by atoms with E-state index >= 15 is 0 Å². The van der Waals surface area contributed by atoms with Gasteiger partial charge in [0.2, 0.25) is 23.6 Å². The molecular formula is C23H43N5O8. The van der Waals surface area contributed by atoms with Crippen LogP contribution >= 0.6 is 0 Å². The minimum atomic E-state index is -0.569. The minimum absolute atomic E-state index is 0.129. The molecule has 0 saturated carbocycles. The summed E-state index contributed by atoms with van der Waals surface area (Å²) in [6.07, 6.45) is 0.151. The standard InChI is InChI=1S/C23H43N5O8/c1-6-18(29)24-8-11-28(12-9-25-19(30)7-2)21(32)16-27-20(31)17-35-15-14-34-13-10-26-22(33)36-23(3,4)5/h6-17H2,1-5H3,(H,24,29)(H,25,30)(H,26,33)(H,27,31). The Hall–Kier alpha value is -2.93. The fourth-order valence-electron chi connectivity index (χ4n) is 2.53. The van der Waals surface area contributed by atoms with Gasteiger partial charge in [0.1, 0.15) is 12.2 Å². The zero-order valence-electron chi connectivity index (χ0n) is 22.2. The van der Waals surface area contributed by atoms with Crippen molar-refractivity contribution in [1.82, 2.24) is 26.2 Å². The fourth-order valence-corrected chi connectivity index (χ4v) is 2.53. The minimum Gasteiger partial charge on any atom is -0.444 e. The molecule has 0 fully saturated rings. The van der Waals surface area contributed by atoms with E-state index in [-0.39, 0.29) is 83.4 Å². The lowest BCUT2D eigenvalue weighted by Crippen LogP contribution is -2.46. The molecule has 13 heteroatoms. The van der Waals surface area contributed by atoms with Gasteiger partial charge < -0.3 is 40.4 Å². The van der Waals surface area contributed by atoms with Gasteiger partial charge in [-0.15, -0.1) is 0 Å². The molecule has 0 aromatic heterocycles. The Labute approximate surface area is 213 Å². The predicted molar refractivity (Wildman–Crippen MR) is 132 cm³/mol. The summed E-state index contributed by atoms with van der Waals surface area (Å²) < 4.78 is 15.6. The van der Waals surface area contributed by atoms with Crippen LogP contribution in [0.2, 0.25) is 0 Å². The number of hydrogen-bond acceptors (Lipinski definition) is 8. The summed E-state index contributed by atoms with van der Waals surface area (Å²) in [5, 5.41) is 10.4. The third-order valence-electron chi connectivity index (χ3n) is 4.36. The van der Waals surface area contributed by atoms with Crippen molar-refractivity contribution in [3.05, 3.63) is 0 Å². The molecule has 208 valence electrons. The molecule has 0 aliphatic carbocycles. The van der Waals surface area contributed by atoms with Gasteiger partial charge in [-0.25, -0.2) is 4.79 Å². The van der Waals surface area contributed by atoms with E-state index in [4.69, 9.17) is 14.2 Å². The first-order valence-electron chi connectivity index (χ1n) is 12.2. The van der Waals surface area contributed by atoms with Gasteiger partial charge in [-0.3, -0.25) is 19.2 Å². The highest BCUT2D eigenvalue weighted by Crippen LogP contribution is 2.06. The molecule has 5 amide bonds. The van der Waals surface area contributed by atoms with E-state index in [2.05, 4.69) is 21.3 Å². The number of carbonyl (C=O) groups excluding carboxylic acids is 5. The molecule has 0 heterocycles. The van der Waals surface area contributed by atoms with Gasteiger partial charge in [0.15, 0.2) is 0 Å². The molecule has 0 aliphatic heterocycles. The number of nitrogens with zero attached hydrogens (tertiary/aromatic N) is 1. The van der Waals surface area contributed by atoms with Gasteiger partial charge in [-0.05, 0) is 20.8 Å². The second-order valence-electron chi connectivity index (χ2n) is 8.66. The molecule has 0 aromatic carbocycles. The third kappa shape index (κ3) is 19.4. The number of carbonyl (C=O) groups is 5. The van der Waals surface area contributed by atoms with Crippen LogP contribution in [0.4, 0.5) is 4.79 Å². The van der Waals surface area contributed by atoms with Crippen LogP contribution in [0.25, 0.3) is 0 Å². The summed E-state index contributed by atoms with van der Waals surface area (Å²) in [4.78, 5) is 60.3. The lowest BCUT2D eigenvalue weighted by atomic mass is 10.2. The van der Waals surface area contributed by atoms with Crippen molar-refractivity contribution in [3.63, 3.8) is 0 Å². The average molecular weight is 518 g/mol. The van der Waals surface area contributed by atoms with Gasteiger partial charge in [-0.1, -0.05) is 13.8 Å². The molecule has 36 heavy (non-hydrogen) atoms. The highest BCUT2D eigenvalue weighted by atomic mass is 16.6. The molecular weight excluding hydrogens is 474 g/mol. The maximum absolute atomic E-state index is 12.5. The molecule has 13 nitrogen and oxygen atoms in total. The van der Waals surface area contributed by atoms with E-state index in [1.807, 2.05) is 0 Å². The Morgan fingerprint density at radius 3 is 1.78 bits per heavy atom. The second-order valence-corrected chi connectivity index (χ2v) is 8.66. The first-order chi connectivity index (χ1) is 17.0. The summed E-state index contributed by atoms with van der Waals surface area (Å²) in [6.45, 7) is 10.2. The van der Waals surface area contributed by atoms with Crippen molar-refractivity contribution >= 4 is 29.7 Å². The number of alkyl carbamates (subject to hydrolysis) is 1. The zero-order chi connectivity index (χ0) is 27.4. The van der Waals surface area contributed by atoms with Gasteiger partial charge >= 0.3 is 6.09 Å². The Kier molecular flexibility index (Phi) is 17.7. The van der Waals surface area contributed by atoms with Crippen LogP contribution in [0.5, 0.6) is 0 Å². The molecule has 0 saturated heterocycles. The molecule has 0 spiro atoms. The maximum atomic E-state index is 12.5. The first-order valence-corrected chi connectivity index (χ1v) is 12.2. The molecule has 0 unspecified atom stereocenters. The van der Waals surface area contributed by atoms with Crippen molar-refractivity contribution in [2.75, 3.05) is 65.7 Å². The largest absolute Gasteiger partial charge is 0.444 e. The average Bonchev–Trinajstić information content (AvgIpc) is 2.81. The molecule has 0 aromatic rings. The van der Waals surface area contributed by atoms with Gasteiger partial charge in [-0.2, -0.15) is 0 Å². The van der Waals surface area contributed by atoms with Crippen molar-refractivity contribution in [2.24, 2.45) is 0 Å². The monoisotopic (exact) mass is 517 g/mol. The lowest BCUT2D eigenvalue weighted by Gasteiger charge is -2.23. The van der Waals surface area contributed by atoms with Crippen molar-refractivity contribution in [3.8, 4) is 0 Å². The molecule has 0 rings (SSSR count). The maximum Gasteiger partial charge on any atom is 0.407 e. The Balaban J connectivity index is 4.12. The van der Waals surface area contributed by atoms with Crippen LogP contribution in [0.3, 0.4) is 0 Å². The van der Waals surface area contributed by atoms with Crippen LogP contribution in [-0.2, 0) is 33.4 Å². The lowest BCUT2D eigenvalue weighted by molar-refractivity contribution is -0.134. The van der Waals surface area contributed by atoms with E-state index in [9.17, 15) is 24.0 Å². The van der Waals surface area contributed by atoms with Crippen LogP contribution < -0.4 is 21.3 Å². The Morgan fingerprint density at radius 2 is 1.25 bits per heavy atom. The van der Waals surface area contributed by atoms with Crippen LogP contribution in [0, 0.1) is 0 Å². The Morgan fingerprint density at radius 1 is 0.694 bits per heavy atom. The summed E-state index contributed by atoms with van der Waals surface area (Å²) in [5.41, 5.74) is -0.569. The van der Waals surface area contributed by atoms with Crippen LogP contribution in [0.1, 0.15) is 47.5 Å². The topological polar surface area (TPSA) is 164 Å². The van der Waals surface area contributed by atoms with Gasteiger partial charge in [0, 0.05) is 45.6 Å². The second kappa shape index (κ2) is 19.3. The van der Waals surface area contributed by atoms with E-state index in [0.717, 1.165) is 0 Å². The first kappa shape index (κ1) is 33.1. The summed E-state index contributed by atoms with van der Waals surface area (Å²) in [7, 11) is 0. The summed E-state index contributed by atoms with van der Waals surface area (Å²) >= 11 is 0. The number of amides is 5. The number of nitrogens with one attached hydrogen (secondary N) is 4. The smallest absolute Gasteiger partial charge is 0.407 e. The molecule has 0 radical (unpaired) electrons. The van der Waals surface area contributed by atoms with Gasteiger partial charge in [0.05, 0.1) is 26.4 Å². The molecule has 4 N–H and O–H groups in total. The number of hydrogen-bond donors (Lipinski definition) is 4. The normalized spacial score (nSPS) is 10.8. The van der Waals surface area contributed by atoms with Crippen molar-refractivity contribution in [2.45, 2.75) is 53.1 Å². The number of ether oxygens (including phenoxy) is 3. The highest BCUT2D eigenvalue weighted by molar-refractivity contribution is 5.85. The van der Waals surface area contributed by atoms with E-state index in [1.54, 1.807) is 34.6 Å². The Bertz CT molecular complexity index is 674. The van der Waals surface area contributed by atoms with E-state index < -0.39 is 17.6 Å². The van der Waals surface area contributed by atoms with Crippen LogP contribution in [-0.4, -0.2) is 106 Å². The van der Waals surface area contributed by atoms with Crippen LogP contribution in [0.15, 0.2) is 0 Å². The van der Waals surface area contributed by atoms with Crippen molar-refractivity contribution < 1.29 is 38.2 Å². The quantitative estimate of drug-likeness (QED) is 0.177. The predicted octanol–water partition coefficient (Wildman–Crippen LogP) is -0.458. The van der Waals surface area contributed by atoms with Crippen molar-refractivity contribution in [1.29, 1.82) is 0 Å². The highest BCUT2D eigenvalue weighted by Gasteiger charge is 2.16. The molecule has 0 atom stereocenters. The van der Waals surface area contributed by atoms with Gasteiger partial charge in [0.25, 0.3) is 0 Å². The summed E-state index contributed by atoms with van der Waals surface area (Å²) in [5.74, 6) is -1.07.